The van der Waals surface area contributed by atoms with Gasteiger partial charge in [0.2, 0.25) is 0 Å². The Balaban J connectivity index is 0.954. The predicted octanol–water partition coefficient (Wildman–Crippen LogP) is 14.8. The molecule has 8 aromatic rings. The van der Waals surface area contributed by atoms with E-state index >= 15 is 0 Å². The van der Waals surface area contributed by atoms with Gasteiger partial charge in [0.25, 0.3) is 0 Å². The van der Waals surface area contributed by atoms with E-state index in [1.165, 1.54) is 101 Å². The van der Waals surface area contributed by atoms with E-state index in [4.69, 9.17) is 0 Å². The summed E-state index contributed by atoms with van der Waals surface area (Å²) in [5.74, 6) is 0. The van der Waals surface area contributed by atoms with E-state index in [9.17, 15) is 0 Å². The molecule has 0 radical (unpaired) electrons. The van der Waals surface area contributed by atoms with Crippen molar-refractivity contribution in [2.45, 2.75) is 32.1 Å². The molecule has 0 fully saturated rings. The van der Waals surface area contributed by atoms with Gasteiger partial charge in [-0.05, 0) is 116 Å². The first-order valence-electron chi connectivity index (χ1n) is 20.1. The largest absolute Gasteiger partial charge is 0.309 e. The summed E-state index contributed by atoms with van der Waals surface area (Å²) in [5.41, 5.74) is 20.2. The molecule has 0 amide bonds. The summed E-state index contributed by atoms with van der Waals surface area (Å²) in [5, 5.41) is 2.50. The van der Waals surface area contributed by atoms with Crippen LogP contribution in [0.2, 0.25) is 0 Å². The van der Waals surface area contributed by atoms with Gasteiger partial charge in [-0.3, -0.25) is 0 Å². The highest BCUT2D eigenvalue weighted by Crippen LogP contribution is 2.52. The molecular formula is C55H42N2. The lowest BCUT2D eigenvalue weighted by Gasteiger charge is -2.29. The molecule has 57 heavy (non-hydrogen) atoms. The second kappa shape index (κ2) is 13.1. The highest BCUT2D eigenvalue weighted by molar-refractivity contribution is 6.04. The fourth-order valence-electron chi connectivity index (χ4n) is 9.61. The van der Waals surface area contributed by atoms with Crippen molar-refractivity contribution in [3.05, 3.63) is 214 Å². The fourth-order valence-corrected chi connectivity index (χ4v) is 9.61. The number of anilines is 6. The lowest BCUT2D eigenvalue weighted by Crippen LogP contribution is -2.17. The van der Waals surface area contributed by atoms with Crippen molar-refractivity contribution >= 4 is 69.2 Å². The van der Waals surface area contributed by atoms with Crippen molar-refractivity contribution in [2.75, 3.05) is 9.80 Å². The number of aryl methyl sites for hydroxylation is 2. The van der Waals surface area contributed by atoms with Crippen LogP contribution in [-0.2, 0) is 18.3 Å². The van der Waals surface area contributed by atoms with Crippen LogP contribution in [0.15, 0.2) is 170 Å². The Kier molecular flexibility index (Phi) is 7.69. The van der Waals surface area contributed by atoms with Crippen molar-refractivity contribution in [1.29, 1.82) is 0 Å². The first-order chi connectivity index (χ1) is 28.0. The normalized spacial score (nSPS) is 14.6. The zero-order chi connectivity index (χ0) is 38.1. The van der Waals surface area contributed by atoms with Crippen LogP contribution in [0.1, 0.15) is 58.4 Å². The average molecular weight is 731 g/mol. The fraction of sp³-hybridized carbons (Fsp3) is 0.0909. The number of hydrogen-bond acceptors (Lipinski definition) is 2. The molecule has 0 unspecified atom stereocenters. The molecule has 1 aliphatic carbocycles. The van der Waals surface area contributed by atoms with Gasteiger partial charge in [0, 0.05) is 27.9 Å². The van der Waals surface area contributed by atoms with E-state index in [0.717, 1.165) is 12.8 Å². The van der Waals surface area contributed by atoms with Crippen LogP contribution in [-0.4, -0.2) is 0 Å². The molecule has 2 heterocycles. The van der Waals surface area contributed by atoms with E-state index in [1.54, 1.807) is 0 Å². The van der Waals surface area contributed by atoms with Crippen LogP contribution < -0.4 is 9.80 Å². The summed E-state index contributed by atoms with van der Waals surface area (Å²) in [6, 6.07) is 62.8. The van der Waals surface area contributed by atoms with Crippen molar-refractivity contribution < 1.29 is 0 Å². The highest BCUT2D eigenvalue weighted by Gasteiger charge is 2.36. The summed E-state index contributed by atoms with van der Waals surface area (Å²) < 4.78 is 0. The number of benzene rings is 8. The zero-order valence-corrected chi connectivity index (χ0v) is 32.3. The molecule has 8 aromatic carbocycles. The summed E-state index contributed by atoms with van der Waals surface area (Å²) in [6.07, 6.45) is 11.1. The molecule has 2 nitrogen and oxygen atoms in total. The number of para-hydroxylation sites is 4. The maximum Gasteiger partial charge on any atom is 0.0540 e. The topological polar surface area (TPSA) is 6.48 Å². The quantitative estimate of drug-likeness (QED) is 0.166. The Morgan fingerprint density at radius 3 is 1.65 bits per heavy atom. The van der Waals surface area contributed by atoms with Crippen LogP contribution >= 0.6 is 0 Å². The van der Waals surface area contributed by atoms with E-state index in [0.29, 0.717) is 0 Å². The minimum absolute atomic E-state index is 0.165. The van der Waals surface area contributed by atoms with Crippen molar-refractivity contribution in [2.24, 2.45) is 0 Å². The molecule has 0 aromatic heterocycles. The molecule has 0 N–H and O–H groups in total. The van der Waals surface area contributed by atoms with Crippen LogP contribution in [0.4, 0.5) is 34.1 Å². The minimum Gasteiger partial charge on any atom is -0.309 e. The molecule has 2 aliphatic heterocycles. The van der Waals surface area contributed by atoms with Gasteiger partial charge in [-0.1, -0.05) is 166 Å². The summed E-state index contributed by atoms with van der Waals surface area (Å²) in [7, 11) is 0. The van der Waals surface area contributed by atoms with E-state index in [2.05, 4.69) is 218 Å². The van der Waals surface area contributed by atoms with Gasteiger partial charge in [-0.25, -0.2) is 0 Å². The minimum atomic E-state index is -0.165. The standard InChI is InChI=1S/C55H42N2/c1-55(2)48-35-37(24-32-45(48)46-33-31-43(36-49(46)55)56-50-19-9-3-13-39(50)26-27-40-14-4-10-20-51(40)56)23-25-38-30-34-54(47-18-8-7-17-44(38)47)57-52-21-11-5-15-41(52)28-29-42-16-6-12-22-53(42)57/h3-27,30-36H,28-29H2,1-2H3. The van der Waals surface area contributed by atoms with Crippen LogP contribution in [0.3, 0.4) is 0 Å². The molecule has 0 bridgehead atoms. The summed E-state index contributed by atoms with van der Waals surface area (Å²) >= 11 is 0. The van der Waals surface area contributed by atoms with Gasteiger partial charge >= 0.3 is 0 Å². The van der Waals surface area contributed by atoms with Crippen molar-refractivity contribution in [3.8, 4) is 11.1 Å². The molecular weight excluding hydrogens is 689 g/mol. The van der Waals surface area contributed by atoms with Gasteiger partial charge in [-0.15, -0.1) is 0 Å². The third kappa shape index (κ3) is 5.39. The molecule has 0 saturated heterocycles. The van der Waals surface area contributed by atoms with Crippen LogP contribution in [0.25, 0.3) is 46.2 Å². The average Bonchev–Trinajstić information content (AvgIpc) is 3.38. The molecule has 11 rings (SSSR count). The van der Waals surface area contributed by atoms with Gasteiger partial charge < -0.3 is 9.80 Å². The third-order valence-corrected chi connectivity index (χ3v) is 12.5. The summed E-state index contributed by atoms with van der Waals surface area (Å²) in [4.78, 5) is 4.92. The van der Waals surface area contributed by atoms with Crippen LogP contribution in [0, 0.1) is 0 Å². The Labute approximate surface area is 335 Å². The second-order valence-electron chi connectivity index (χ2n) is 16.1. The molecule has 0 spiro atoms. The third-order valence-electron chi connectivity index (χ3n) is 12.5. The van der Waals surface area contributed by atoms with Gasteiger partial charge in [-0.2, -0.15) is 0 Å². The Hall–Kier alpha value is -6.90. The highest BCUT2D eigenvalue weighted by atomic mass is 15.2. The lowest BCUT2D eigenvalue weighted by molar-refractivity contribution is 0.660. The monoisotopic (exact) mass is 730 g/mol. The molecule has 0 saturated carbocycles. The van der Waals surface area contributed by atoms with Crippen molar-refractivity contribution in [3.63, 3.8) is 0 Å². The molecule has 2 heteroatoms. The molecule has 0 atom stereocenters. The smallest absolute Gasteiger partial charge is 0.0540 e. The maximum absolute atomic E-state index is 2.49. The number of fused-ring (bicyclic) bond motifs is 8. The van der Waals surface area contributed by atoms with E-state index in [1.807, 2.05) is 0 Å². The predicted molar refractivity (Wildman–Crippen MR) is 243 cm³/mol. The van der Waals surface area contributed by atoms with E-state index in [-0.39, 0.29) is 5.41 Å². The van der Waals surface area contributed by atoms with Gasteiger partial charge in [0.05, 0.1) is 17.1 Å². The van der Waals surface area contributed by atoms with Crippen molar-refractivity contribution in [1.82, 2.24) is 0 Å². The van der Waals surface area contributed by atoms with Gasteiger partial charge in [0.1, 0.15) is 0 Å². The SMILES string of the molecule is CC1(C)c2cc(C=Cc3ccc(N4c5ccccc5CCc5ccccc54)c4ccccc34)ccc2-c2ccc(N3c4ccccc4C=Cc4ccccc43)cc21. The number of nitrogens with zero attached hydrogens (tertiary/aromatic N) is 2. The Morgan fingerprint density at radius 1 is 0.439 bits per heavy atom. The Morgan fingerprint density at radius 2 is 0.982 bits per heavy atom. The number of rotatable bonds is 4. The lowest BCUT2D eigenvalue weighted by atomic mass is 9.81. The maximum atomic E-state index is 2.49. The zero-order valence-electron chi connectivity index (χ0n) is 32.3. The van der Waals surface area contributed by atoms with Crippen LogP contribution in [0.5, 0.6) is 0 Å². The first-order valence-corrected chi connectivity index (χ1v) is 20.1. The number of hydrogen-bond donors (Lipinski definition) is 0. The summed E-state index contributed by atoms with van der Waals surface area (Å²) in [6.45, 7) is 4.76. The van der Waals surface area contributed by atoms with Gasteiger partial charge in [0.15, 0.2) is 0 Å². The first kappa shape index (κ1) is 33.4. The molecule has 272 valence electrons. The Bertz CT molecular complexity index is 2860. The van der Waals surface area contributed by atoms with E-state index < -0.39 is 0 Å². The second-order valence-corrected chi connectivity index (χ2v) is 16.1. The molecule has 3 aliphatic rings.